The fourth-order valence-electron chi connectivity index (χ4n) is 2.62. The van der Waals surface area contributed by atoms with E-state index in [0.717, 1.165) is 18.9 Å². The van der Waals surface area contributed by atoms with E-state index < -0.39 is 11.9 Å². The number of imidazole rings is 1. The summed E-state index contributed by atoms with van der Waals surface area (Å²) in [5.74, 6) is -0.290. The van der Waals surface area contributed by atoms with Crippen LogP contribution < -0.4 is 16.0 Å². The van der Waals surface area contributed by atoms with Crippen molar-refractivity contribution in [3.8, 4) is 6.07 Å². The fourth-order valence-corrected chi connectivity index (χ4v) is 2.62. The van der Waals surface area contributed by atoms with Crippen LogP contribution in [0.4, 0.5) is 32.1 Å². The van der Waals surface area contributed by atoms with Gasteiger partial charge in [-0.05, 0) is 31.0 Å². The van der Waals surface area contributed by atoms with Crippen LogP contribution in [0.1, 0.15) is 18.5 Å². The molecule has 136 valence electrons. The molecule has 2 aromatic heterocycles. The molecule has 2 heterocycles. The van der Waals surface area contributed by atoms with Crippen LogP contribution in [0.15, 0.2) is 30.5 Å². The normalized spacial score (nSPS) is 13.2. The van der Waals surface area contributed by atoms with Gasteiger partial charge in [-0.2, -0.15) is 9.78 Å². The number of rotatable bonds is 5. The molecule has 3 aromatic rings. The SMILES string of the molecule is N#Cc1cnc2c(NC3CC3)cc(Nc3cc(NC(=O)O)ccc3F)nn12. The molecule has 0 aliphatic heterocycles. The average molecular weight is 367 g/mol. The zero-order chi connectivity index (χ0) is 19.0. The molecular formula is C17H14FN7O2. The van der Waals surface area contributed by atoms with Crippen molar-refractivity contribution >= 4 is 34.6 Å². The number of anilines is 4. The van der Waals surface area contributed by atoms with E-state index in [9.17, 15) is 14.4 Å². The quantitative estimate of drug-likeness (QED) is 0.545. The molecule has 1 aliphatic carbocycles. The second-order valence-corrected chi connectivity index (χ2v) is 6.10. The number of fused-ring (bicyclic) bond motifs is 1. The summed E-state index contributed by atoms with van der Waals surface area (Å²) in [6.45, 7) is 0. The van der Waals surface area contributed by atoms with Gasteiger partial charge >= 0.3 is 6.09 Å². The van der Waals surface area contributed by atoms with Crippen molar-refractivity contribution in [2.24, 2.45) is 0 Å². The predicted octanol–water partition coefficient (Wildman–Crippen LogP) is 3.15. The first-order valence-electron chi connectivity index (χ1n) is 8.15. The van der Waals surface area contributed by atoms with E-state index in [1.54, 1.807) is 6.07 Å². The number of halogens is 1. The number of nitrogens with one attached hydrogen (secondary N) is 3. The number of hydrogen-bond acceptors (Lipinski definition) is 6. The highest BCUT2D eigenvalue weighted by Gasteiger charge is 2.23. The Labute approximate surface area is 152 Å². The molecule has 0 bridgehead atoms. The van der Waals surface area contributed by atoms with Gasteiger partial charge in [0.15, 0.2) is 17.2 Å². The minimum absolute atomic E-state index is 0.0455. The zero-order valence-electron chi connectivity index (χ0n) is 13.9. The molecule has 0 atom stereocenters. The van der Waals surface area contributed by atoms with Crippen LogP contribution in [0.2, 0.25) is 0 Å². The third kappa shape index (κ3) is 3.43. The Morgan fingerprint density at radius 3 is 2.85 bits per heavy atom. The molecule has 0 saturated heterocycles. The van der Waals surface area contributed by atoms with Gasteiger partial charge in [0.2, 0.25) is 0 Å². The van der Waals surface area contributed by atoms with E-state index >= 15 is 0 Å². The van der Waals surface area contributed by atoms with Crippen LogP contribution in [0.5, 0.6) is 0 Å². The summed E-state index contributed by atoms with van der Waals surface area (Å²) in [7, 11) is 0. The van der Waals surface area contributed by atoms with Crippen LogP contribution >= 0.6 is 0 Å². The molecule has 1 amide bonds. The van der Waals surface area contributed by atoms with Gasteiger partial charge in [0, 0.05) is 17.8 Å². The largest absolute Gasteiger partial charge is 0.465 e. The van der Waals surface area contributed by atoms with Crippen molar-refractivity contribution < 1.29 is 14.3 Å². The molecule has 4 N–H and O–H groups in total. The van der Waals surface area contributed by atoms with E-state index in [-0.39, 0.29) is 22.9 Å². The lowest BCUT2D eigenvalue weighted by Gasteiger charge is -2.12. The van der Waals surface area contributed by atoms with Crippen molar-refractivity contribution in [2.75, 3.05) is 16.0 Å². The summed E-state index contributed by atoms with van der Waals surface area (Å²) in [5.41, 5.74) is 1.69. The predicted molar refractivity (Wildman–Crippen MR) is 95.7 cm³/mol. The maximum Gasteiger partial charge on any atom is 0.409 e. The van der Waals surface area contributed by atoms with Crippen molar-refractivity contribution in [1.29, 1.82) is 5.26 Å². The minimum atomic E-state index is -1.25. The van der Waals surface area contributed by atoms with Crippen LogP contribution in [0.3, 0.4) is 0 Å². The molecule has 0 unspecified atom stereocenters. The number of carboxylic acid groups (broad SMARTS) is 1. The van der Waals surface area contributed by atoms with Gasteiger partial charge in [-0.1, -0.05) is 0 Å². The molecule has 9 nitrogen and oxygen atoms in total. The lowest BCUT2D eigenvalue weighted by atomic mass is 10.2. The molecule has 10 heteroatoms. The first-order chi connectivity index (χ1) is 13.0. The van der Waals surface area contributed by atoms with Gasteiger partial charge in [0.05, 0.1) is 17.6 Å². The molecule has 4 rings (SSSR count). The molecule has 1 fully saturated rings. The number of aromatic nitrogens is 3. The summed E-state index contributed by atoms with van der Waals surface area (Å²) in [5, 5.41) is 30.7. The van der Waals surface area contributed by atoms with Gasteiger partial charge in [0.1, 0.15) is 11.9 Å². The maximum absolute atomic E-state index is 14.2. The van der Waals surface area contributed by atoms with Crippen LogP contribution in [0, 0.1) is 17.1 Å². The van der Waals surface area contributed by atoms with Crippen LogP contribution in [0.25, 0.3) is 5.65 Å². The van der Waals surface area contributed by atoms with Gasteiger partial charge in [-0.25, -0.2) is 14.2 Å². The number of nitrogens with zero attached hydrogens (tertiary/aromatic N) is 4. The van der Waals surface area contributed by atoms with Crippen LogP contribution in [-0.2, 0) is 0 Å². The molecule has 0 spiro atoms. The molecule has 0 radical (unpaired) electrons. The third-order valence-electron chi connectivity index (χ3n) is 4.00. The van der Waals surface area contributed by atoms with Gasteiger partial charge in [0.25, 0.3) is 0 Å². The highest BCUT2D eigenvalue weighted by molar-refractivity contribution is 5.84. The van der Waals surface area contributed by atoms with E-state index in [4.69, 9.17) is 5.11 Å². The Hall–Kier alpha value is -3.87. The van der Waals surface area contributed by atoms with E-state index in [0.29, 0.717) is 17.4 Å². The topological polar surface area (TPSA) is 127 Å². The lowest BCUT2D eigenvalue weighted by Crippen LogP contribution is -2.09. The number of amides is 1. The van der Waals surface area contributed by atoms with E-state index in [1.807, 2.05) is 6.07 Å². The molecule has 27 heavy (non-hydrogen) atoms. The standard InChI is InChI=1S/C17H14FN7O2/c18-12-4-3-10(22-17(26)27)5-13(12)23-15-6-14(21-9-1-2-9)16-20-8-11(7-19)25(16)24-15/h3-6,8-9,21-22H,1-2H2,(H,23,24)(H,26,27). The molecule has 1 aliphatic rings. The zero-order valence-corrected chi connectivity index (χ0v) is 13.9. The number of nitriles is 1. The number of carbonyl (C=O) groups is 1. The summed E-state index contributed by atoms with van der Waals surface area (Å²) >= 11 is 0. The Balaban J connectivity index is 1.73. The summed E-state index contributed by atoms with van der Waals surface area (Å²) < 4.78 is 15.5. The average Bonchev–Trinajstić information content (AvgIpc) is 3.34. The first-order valence-corrected chi connectivity index (χ1v) is 8.15. The second kappa shape index (κ2) is 6.45. The molecule has 1 saturated carbocycles. The number of hydrogen-bond donors (Lipinski definition) is 4. The highest BCUT2D eigenvalue weighted by Crippen LogP contribution is 2.30. The van der Waals surface area contributed by atoms with E-state index in [2.05, 4.69) is 26.0 Å². The smallest absolute Gasteiger partial charge is 0.409 e. The Bertz CT molecular complexity index is 1080. The van der Waals surface area contributed by atoms with Crippen molar-refractivity contribution in [1.82, 2.24) is 14.6 Å². The van der Waals surface area contributed by atoms with E-state index in [1.165, 1.54) is 22.8 Å². The Kier molecular flexibility index (Phi) is 3.97. The maximum atomic E-state index is 14.2. The van der Waals surface area contributed by atoms with Gasteiger partial charge < -0.3 is 15.7 Å². The Morgan fingerprint density at radius 1 is 1.33 bits per heavy atom. The first kappa shape index (κ1) is 16.6. The van der Waals surface area contributed by atoms with Crippen LogP contribution in [-0.4, -0.2) is 31.8 Å². The van der Waals surface area contributed by atoms with Crippen molar-refractivity contribution in [3.05, 3.63) is 42.0 Å². The van der Waals surface area contributed by atoms with Gasteiger partial charge in [-0.15, -0.1) is 5.10 Å². The van der Waals surface area contributed by atoms with Gasteiger partial charge in [-0.3, -0.25) is 5.32 Å². The summed E-state index contributed by atoms with van der Waals surface area (Å²) in [4.78, 5) is 15.0. The Morgan fingerprint density at radius 2 is 2.15 bits per heavy atom. The van der Waals surface area contributed by atoms with Crippen molar-refractivity contribution in [2.45, 2.75) is 18.9 Å². The molecule has 1 aromatic carbocycles. The molecular weight excluding hydrogens is 353 g/mol. The second-order valence-electron chi connectivity index (χ2n) is 6.10. The number of benzene rings is 1. The third-order valence-corrected chi connectivity index (χ3v) is 4.00. The monoisotopic (exact) mass is 367 g/mol. The minimum Gasteiger partial charge on any atom is -0.465 e. The summed E-state index contributed by atoms with van der Waals surface area (Å²) in [6.07, 6.45) is 2.25. The lowest BCUT2D eigenvalue weighted by molar-refractivity contribution is 0.209. The highest BCUT2D eigenvalue weighted by atomic mass is 19.1. The summed E-state index contributed by atoms with van der Waals surface area (Å²) in [6, 6.07) is 7.81. The van der Waals surface area contributed by atoms with Crippen molar-refractivity contribution in [3.63, 3.8) is 0 Å². The fraction of sp³-hybridized carbons (Fsp3) is 0.176.